The number of amides is 1. The Balaban J connectivity index is 1.33. The van der Waals surface area contributed by atoms with Crippen molar-refractivity contribution in [2.75, 3.05) is 26.4 Å². The van der Waals surface area contributed by atoms with Gasteiger partial charge < -0.3 is 14.4 Å². The van der Waals surface area contributed by atoms with E-state index in [9.17, 15) is 9.59 Å². The van der Waals surface area contributed by atoms with E-state index in [-0.39, 0.29) is 17.9 Å². The lowest BCUT2D eigenvalue weighted by Gasteiger charge is -2.34. The molecular weight excluding hydrogens is 454 g/mol. The molecule has 3 aliphatic rings. The van der Waals surface area contributed by atoms with Crippen molar-refractivity contribution >= 4 is 11.9 Å². The van der Waals surface area contributed by atoms with Gasteiger partial charge in [-0.3, -0.25) is 4.79 Å². The van der Waals surface area contributed by atoms with Crippen LogP contribution >= 0.6 is 0 Å². The average Bonchev–Trinajstić information content (AvgIpc) is 3.47. The molecule has 2 aromatic rings. The molecule has 1 aromatic heterocycles. The summed E-state index contributed by atoms with van der Waals surface area (Å²) in [4.78, 5) is 28.1. The SMILES string of the molecule is CCOCC1CCCN1C(=O)C1CCCC(c2cccc(-n3ncc(C(=O)OCC)c3C3CC3)c2)C1. The minimum Gasteiger partial charge on any atom is -0.462 e. The number of aromatic nitrogens is 2. The minimum absolute atomic E-state index is 0.0803. The van der Waals surface area contributed by atoms with Gasteiger partial charge in [0.15, 0.2) is 0 Å². The lowest BCUT2D eigenvalue weighted by Crippen LogP contribution is -2.42. The fraction of sp³-hybridized carbons (Fsp3) is 0.621. The van der Waals surface area contributed by atoms with Gasteiger partial charge in [0.05, 0.1) is 36.8 Å². The molecule has 1 amide bonds. The van der Waals surface area contributed by atoms with Crippen LogP contribution in [0.5, 0.6) is 0 Å². The van der Waals surface area contributed by atoms with Gasteiger partial charge >= 0.3 is 5.97 Å². The third-order valence-corrected chi connectivity index (χ3v) is 8.05. The zero-order chi connectivity index (χ0) is 25.1. The predicted molar refractivity (Wildman–Crippen MR) is 137 cm³/mol. The van der Waals surface area contributed by atoms with Crippen molar-refractivity contribution in [1.29, 1.82) is 0 Å². The van der Waals surface area contributed by atoms with E-state index in [2.05, 4.69) is 34.3 Å². The number of carbonyl (C=O) groups is 2. The number of benzene rings is 1. The third kappa shape index (κ3) is 5.22. The van der Waals surface area contributed by atoms with Gasteiger partial charge in [-0.25, -0.2) is 9.48 Å². The van der Waals surface area contributed by atoms with Crippen molar-refractivity contribution in [2.24, 2.45) is 5.92 Å². The first-order valence-electron chi connectivity index (χ1n) is 13.8. The summed E-state index contributed by atoms with van der Waals surface area (Å²) in [5.41, 5.74) is 3.79. The molecule has 0 N–H and O–H groups in total. The number of likely N-dealkylation sites (tertiary alicyclic amines) is 1. The minimum atomic E-state index is -0.292. The van der Waals surface area contributed by atoms with Gasteiger partial charge in [-0.2, -0.15) is 5.10 Å². The second kappa shape index (κ2) is 11.2. The fourth-order valence-corrected chi connectivity index (χ4v) is 6.09. The van der Waals surface area contributed by atoms with Crippen LogP contribution in [-0.2, 0) is 14.3 Å². The van der Waals surface area contributed by atoms with Gasteiger partial charge in [0.1, 0.15) is 5.56 Å². The zero-order valence-corrected chi connectivity index (χ0v) is 21.7. The Labute approximate surface area is 214 Å². The van der Waals surface area contributed by atoms with E-state index in [4.69, 9.17) is 9.47 Å². The Morgan fingerprint density at radius 3 is 2.67 bits per heavy atom. The summed E-state index contributed by atoms with van der Waals surface area (Å²) in [5, 5.41) is 4.61. The van der Waals surface area contributed by atoms with Crippen molar-refractivity contribution in [3.63, 3.8) is 0 Å². The molecule has 0 spiro atoms. The highest BCUT2D eigenvalue weighted by atomic mass is 16.5. The Hall–Kier alpha value is -2.67. The van der Waals surface area contributed by atoms with Crippen molar-refractivity contribution in [3.8, 4) is 5.69 Å². The lowest BCUT2D eigenvalue weighted by atomic mass is 9.77. The van der Waals surface area contributed by atoms with Crippen LogP contribution in [0.15, 0.2) is 30.5 Å². The molecule has 2 saturated carbocycles. The third-order valence-electron chi connectivity index (χ3n) is 8.05. The fourth-order valence-electron chi connectivity index (χ4n) is 6.09. The summed E-state index contributed by atoms with van der Waals surface area (Å²) in [5.74, 6) is 0.819. The van der Waals surface area contributed by atoms with Crippen LogP contribution < -0.4 is 0 Å². The molecule has 3 unspecified atom stereocenters. The molecule has 1 aliphatic heterocycles. The van der Waals surface area contributed by atoms with Crippen LogP contribution in [0.3, 0.4) is 0 Å². The van der Waals surface area contributed by atoms with Gasteiger partial charge in [0, 0.05) is 25.0 Å². The maximum Gasteiger partial charge on any atom is 0.341 e. The van der Waals surface area contributed by atoms with Crippen LogP contribution in [0.1, 0.15) is 98.7 Å². The summed E-state index contributed by atoms with van der Waals surface area (Å²) in [6.07, 6.45) is 9.95. The molecule has 1 saturated heterocycles. The van der Waals surface area contributed by atoms with E-state index in [1.807, 2.05) is 18.5 Å². The lowest BCUT2D eigenvalue weighted by molar-refractivity contribution is -0.138. The molecule has 7 nitrogen and oxygen atoms in total. The molecule has 2 aliphatic carbocycles. The highest BCUT2D eigenvalue weighted by Gasteiger charge is 2.37. The van der Waals surface area contributed by atoms with Crippen LogP contribution in [0.25, 0.3) is 5.69 Å². The van der Waals surface area contributed by atoms with Crippen LogP contribution in [0.4, 0.5) is 0 Å². The average molecular weight is 494 g/mol. The van der Waals surface area contributed by atoms with Crippen molar-refractivity contribution < 1.29 is 19.1 Å². The highest BCUT2D eigenvalue weighted by Crippen LogP contribution is 2.43. The monoisotopic (exact) mass is 493 g/mol. The van der Waals surface area contributed by atoms with Gasteiger partial charge in [-0.15, -0.1) is 0 Å². The maximum atomic E-state index is 13.5. The Bertz CT molecular complexity index is 1080. The number of carbonyl (C=O) groups excluding carboxylic acids is 2. The summed E-state index contributed by atoms with van der Waals surface area (Å²) < 4.78 is 12.9. The van der Waals surface area contributed by atoms with Crippen LogP contribution in [-0.4, -0.2) is 59.0 Å². The quantitative estimate of drug-likeness (QED) is 0.448. The van der Waals surface area contributed by atoms with Gasteiger partial charge in [-0.1, -0.05) is 18.6 Å². The summed E-state index contributed by atoms with van der Waals surface area (Å²) in [7, 11) is 0. The normalized spacial score (nSPS) is 24.2. The van der Waals surface area contributed by atoms with E-state index in [0.717, 1.165) is 69.3 Å². The number of nitrogens with zero attached hydrogens (tertiary/aromatic N) is 3. The summed E-state index contributed by atoms with van der Waals surface area (Å²) >= 11 is 0. The molecule has 7 heteroatoms. The van der Waals surface area contributed by atoms with Crippen LogP contribution in [0.2, 0.25) is 0 Å². The van der Waals surface area contributed by atoms with Crippen molar-refractivity contribution in [1.82, 2.24) is 14.7 Å². The number of esters is 1. The van der Waals surface area contributed by atoms with Crippen molar-refractivity contribution in [3.05, 3.63) is 47.3 Å². The number of ether oxygens (including phenoxy) is 2. The molecule has 3 fully saturated rings. The molecule has 0 bridgehead atoms. The molecule has 2 heterocycles. The first-order valence-corrected chi connectivity index (χ1v) is 13.8. The second-order valence-electron chi connectivity index (χ2n) is 10.5. The van der Waals surface area contributed by atoms with Gasteiger partial charge in [-0.05, 0) is 82.4 Å². The summed E-state index contributed by atoms with van der Waals surface area (Å²) in [6, 6.07) is 8.76. The standard InChI is InChI=1S/C29H39N3O4/c1-3-35-19-25-12-7-15-31(25)28(33)23-10-5-8-21(16-23)22-9-6-11-24(17-22)32-27(20-13-14-20)26(18-30-32)29(34)36-4-2/h6,9,11,17-18,20-21,23,25H,3-5,7-8,10,12-16,19H2,1-2H3. The molecule has 36 heavy (non-hydrogen) atoms. The Morgan fingerprint density at radius 1 is 1.03 bits per heavy atom. The van der Waals surface area contributed by atoms with Crippen molar-refractivity contribution in [2.45, 2.75) is 83.1 Å². The first kappa shape index (κ1) is 25.0. The van der Waals surface area contributed by atoms with Gasteiger partial charge in [0.2, 0.25) is 5.91 Å². The number of hydrogen-bond donors (Lipinski definition) is 0. The largest absolute Gasteiger partial charge is 0.462 e. The summed E-state index contributed by atoms with van der Waals surface area (Å²) in [6.45, 7) is 6.40. The molecule has 194 valence electrons. The van der Waals surface area contributed by atoms with Crippen LogP contribution in [0, 0.1) is 5.92 Å². The molecule has 0 radical (unpaired) electrons. The number of rotatable bonds is 9. The van der Waals surface area contributed by atoms with E-state index < -0.39 is 0 Å². The first-order chi connectivity index (χ1) is 17.6. The smallest absolute Gasteiger partial charge is 0.341 e. The van der Waals surface area contributed by atoms with E-state index in [0.29, 0.717) is 43.1 Å². The second-order valence-corrected chi connectivity index (χ2v) is 10.5. The van der Waals surface area contributed by atoms with Gasteiger partial charge in [0.25, 0.3) is 0 Å². The highest BCUT2D eigenvalue weighted by molar-refractivity contribution is 5.91. The Kier molecular flexibility index (Phi) is 7.75. The van der Waals surface area contributed by atoms with E-state index in [1.54, 1.807) is 6.20 Å². The topological polar surface area (TPSA) is 73.7 Å². The number of hydrogen-bond acceptors (Lipinski definition) is 5. The predicted octanol–water partition coefficient (Wildman–Crippen LogP) is 5.23. The maximum absolute atomic E-state index is 13.5. The molecule has 3 atom stereocenters. The molecule has 1 aromatic carbocycles. The zero-order valence-electron chi connectivity index (χ0n) is 21.7. The Morgan fingerprint density at radius 2 is 1.89 bits per heavy atom. The van der Waals surface area contributed by atoms with E-state index in [1.165, 1.54) is 5.56 Å². The molecule has 5 rings (SSSR count). The molecular formula is C29H39N3O4. The van der Waals surface area contributed by atoms with E-state index >= 15 is 0 Å².